The molecule has 0 aliphatic carbocycles. The van der Waals surface area contributed by atoms with Crippen molar-refractivity contribution in [2.75, 3.05) is 33.7 Å². The van der Waals surface area contributed by atoms with Crippen LogP contribution in [-0.2, 0) is 4.74 Å². The number of carbonyl (C=O) groups excluding carboxylic acids is 1. The Morgan fingerprint density at radius 1 is 0.511 bits per heavy atom. The summed E-state index contributed by atoms with van der Waals surface area (Å²) in [6.45, 7) is 9.48. The van der Waals surface area contributed by atoms with Gasteiger partial charge in [0.1, 0.15) is 6.10 Å². The van der Waals surface area contributed by atoms with Crippen LogP contribution < -0.4 is 0 Å². The molecular formula is C43H80N2O2. The van der Waals surface area contributed by atoms with Gasteiger partial charge in [-0.15, -0.1) is 0 Å². The summed E-state index contributed by atoms with van der Waals surface area (Å²) >= 11 is 0. The van der Waals surface area contributed by atoms with Crippen molar-refractivity contribution in [3.8, 4) is 0 Å². The van der Waals surface area contributed by atoms with Crippen LogP contribution in [0.4, 0.5) is 4.79 Å². The summed E-state index contributed by atoms with van der Waals surface area (Å²) < 4.78 is 6.08. The van der Waals surface area contributed by atoms with Crippen LogP contribution in [0.2, 0.25) is 0 Å². The van der Waals surface area contributed by atoms with E-state index in [-0.39, 0.29) is 12.2 Å². The lowest BCUT2D eigenvalue weighted by Gasteiger charge is -2.23. The minimum Gasteiger partial charge on any atom is -0.446 e. The zero-order valence-electron chi connectivity index (χ0n) is 32.2. The summed E-state index contributed by atoms with van der Waals surface area (Å²) in [6.07, 6.45) is 49.0. The Balaban J connectivity index is 4.25. The number of hydrogen-bond acceptors (Lipinski definition) is 3. The van der Waals surface area contributed by atoms with Crippen molar-refractivity contribution < 1.29 is 9.53 Å². The van der Waals surface area contributed by atoms with Crippen LogP contribution in [0.5, 0.6) is 0 Å². The number of carbonyl (C=O) groups is 1. The molecule has 4 heteroatoms. The van der Waals surface area contributed by atoms with E-state index in [9.17, 15) is 4.79 Å². The highest BCUT2D eigenvalue weighted by molar-refractivity contribution is 5.67. The van der Waals surface area contributed by atoms with Crippen LogP contribution in [0.25, 0.3) is 0 Å². The number of rotatable bonds is 34. The second-order valence-electron chi connectivity index (χ2n) is 13.7. The number of amides is 1. The van der Waals surface area contributed by atoms with Crippen molar-refractivity contribution >= 4 is 6.09 Å². The highest BCUT2D eigenvalue weighted by Gasteiger charge is 2.17. The van der Waals surface area contributed by atoms with Gasteiger partial charge in [0.2, 0.25) is 0 Å². The Kier molecular flexibility index (Phi) is 35.6. The zero-order valence-corrected chi connectivity index (χ0v) is 32.2. The van der Waals surface area contributed by atoms with Crippen LogP contribution >= 0.6 is 0 Å². The normalized spacial score (nSPS) is 12.9. The maximum atomic E-state index is 12.9. The van der Waals surface area contributed by atoms with Gasteiger partial charge in [0.25, 0.3) is 0 Å². The van der Waals surface area contributed by atoms with Gasteiger partial charge in [-0.05, 0) is 110 Å². The molecule has 0 saturated carbocycles. The predicted molar refractivity (Wildman–Crippen MR) is 209 cm³/mol. The third-order valence-corrected chi connectivity index (χ3v) is 9.11. The van der Waals surface area contributed by atoms with E-state index in [4.69, 9.17) is 4.74 Å². The molecule has 1 atom stereocenters. The molecule has 0 aromatic rings. The molecule has 0 bridgehead atoms. The van der Waals surface area contributed by atoms with E-state index in [1.807, 2.05) is 7.05 Å². The molecule has 0 aromatic heterocycles. The molecule has 0 aliphatic rings. The molecule has 0 fully saturated rings. The lowest BCUT2D eigenvalue weighted by atomic mass is 10.0. The fraction of sp³-hybridized carbons (Fsp3) is 0.791. The van der Waals surface area contributed by atoms with Gasteiger partial charge in [0.05, 0.1) is 0 Å². The number of unbranched alkanes of at least 4 members (excludes halogenated alkanes) is 16. The summed E-state index contributed by atoms with van der Waals surface area (Å²) in [7, 11) is 4.02. The van der Waals surface area contributed by atoms with Gasteiger partial charge in [0.15, 0.2) is 0 Å². The first kappa shape index (κ1) is 45.2. The van der Waals surface area contributed by atoms with Gasteiger partial charge < -0.3 is 14.5 Å². The first-order valence-corrected chi connectivity index (χ1v) is 20.2. The van der Waals surface area contributed by atoms with E-state index in [0.717, 1.165) is 64.6 Å². The molecule has 0 rings (SSSR count). The predicted octanol–water partition coefficient (Wildman–Crippen LogP) is 13.4. The van der Waals surface area contributed by atoms with E-state index in [1.165, 1.54) is 116 Å². The summed E-state index contributed by atoms with van der Waals surface area (Å²) in [5, 5.41) is 0. The Morgan fingerprint density at radius 2 is 0.936 bits per heavy atom. The first-order valence-electron chi connectivity index (χ1n) is 20.2. The van der Waals surface area contributed by atoms with Crippen LogP contribution in [-0.4, -0.2) is 55.7 Å². The molecule has 0 heterocycles. The molecule has 0 spiro atoms. The average molecular weight is 657 g/mol. The van der Waals surface area contributed by atoms with E-state index < -0.39 is 0 Å². The van der Waals surface area contributed by atoms with Crippen LogP contribution in [0.3, 0.4) is 0 Å². The summed E-state index contributed by atoms with van der Waals surface area (Å²) in [4.78, 5) is 17.0. The highest BCUT2D eigenvalue weighted by atomic mass is 16.6. The summed E-state index contributed by atoms with van der Waals surface area (Å²) in [5.41, 5.74) is 0. The Morgan fingerprint density at radius 3 is 1.40 bits per heavy atom. The third-order valence-electron chi connectivity index (χ3n) is 9.11. The summed E-state index contributed by atoms with van der Waals surface area (Å²) in [5.74, 6) is 0. The average Bonchev–Trinajstić information content (AvgIpc) is 3.07. The largest absolute Gasteiger partial charge is 0.446 e. The zero-order chi connectivity index (χ0) is 34.5. The molecule has 0 aliphatic heterocycles. The minimum absolute atomic E-state index is 0.0578. The van der Waals surface area contributed by atoms with Crippen molar-refractivity contribution in [3.05, 3.63) is 48.6 Å². The van der Waals surface area contributed by atoms with E-state index >= 15 is 0 Å². The van der Waals surface area contributed by atoms with Gasteiger partial charge >= 0.3 is 6.09 Å². The lowest BCUT2D eigenvalue weighted by molar-refractivity contribution is 0.0576. The Labute approximate surface area is 294 Å². The smallest absolute Gasteiger partial charge is 0.409 e. The molecule has 0 aromatic carbocycles. The molecule has 0 saturated heterocycles. The molecule has 0 N–H and O–H groups in total. The third kappa shape index (κ3) is 33.9. The molecule has 0 radical (unpaired) electrons. The van der Waals surface area contributed by atoms with E-state index in [1.54, 1.807) is 4.90 Å². The first-order chi connectivity index (χ1) is 23.0. The molecular weight excluding hydrogens is 576 g/mol. The molecule has 4 nitrogen and oxygen atoms in total. The maximum Gasteiger partial charge on any atom is 0.409 e. The fourth-order valence-corrected chi connectivity index (χ4v) is 5.68. The highest BCUT2D eigenvalue weighted by Crippen LogP contribution is 2.18. The number of allylic oxidation sites excluding steroid dienone is 8. The Bertz CT molecular complexity index is 772. The molecule has 1 amide bonds. The van der Waals surface area contributed by atoms with E-state index in [2.05, 4.69) is 81.3 Å². The molecule has 1 unspecified atom stereocenters. The van der Waals surface area contributed by atoms with Crippen molar-refractivity contribution in [1.29, 1.82) is 0 Å². The van der Waals surface area contributed by atoms with Gasteiger partial charge in [-0.3, -0.25) is 0 Å². The van der Waals surface area contributed by atoms with E-state index in [0.29, 0.717) is 0 Å². The topological polar surface area (TPSA) is 32.8 Å². The van der Waals surface area contributed by atoms with Crippen molar-refractivity contribution in [2.45, 2.75) is 187 Å². The molecule has 47 heavy (non-hydrogen) atoms. The van der Waals surface area contributed by atoms with Gasteiger partial charge in [-0.25, -0.2) is 4.79 Å². The minimum atomic E-state index is -0.138. The monoisotopic (exact) mass is 657 g/mol. The van der Waals surface area contributed by atoms with Gasteiger partial charge in [-0.2, -0.15) is 0 Å². The van der Waals surface area contributed by atoms with Crippen molar-refractivity contribution in [2.24, 2.45) is 0 Å². The second kappa shape index (κ2) is 37.0. The van der Waals surface area contributed by atoms with Crippen LogP contribution in [0.1, 0.15) is 181 Å². The number of hydrogen-bond donors (Lipinski definition) is 0. The SMILES string of the molecule is CCCC/C=C/C/C=C/CCCCCCCCC(CCCCCCC/C=C/C/C=C/CCCCC)OC(=O)N(C)CCCN(C)CC. The lowest BCUT2D eigenvalue weighted by Crippen LogP contribution is -2.33. The standard InChI is InChI=1S/C43H80N2O2/c1-6-9-11-13-15-17-19-21-23-25-27-29-31-33-35-38-42(47-43(46)45(5)41-37-40-44(4)8-3)39-36-34-32-30-28-26-24-22-20-18-16-14-12-10-7-2/h13,15-16,18-19,21-22,24,42H,6-12,14,17,20,23,25-41H2,1-5H3/b15-13+,18-16+,21-19+,24-22+. The second-order valence-corrected chi connectivity index (χ2v) is 13.7. The number of ether oxygens (including phenoxy) is 1. The maximum absolute atomic E-state index is 12.9. The van der Waals surface area contributed by atoms with Crippen LogP contribution in [0, 0.1) is 0 Å². The number of nitrogens with zero attached hydrogens (tertiary/aromatic N) is 2. The van der Waals surface area contributed by atoms with Crippen LogP contribution in [0.15, 0.2) is 48.6 Å². The fourth-order valence-electron chi connectivity index (χ4n) is 5.68. The quantitative estimate of drug-likeness (QED) is 0.0510. The van der Waals surface area contributed by atoms with Crippen molar-refractivity contribution in [1.82, 2.24) is 9.80 Å². The van der Waals surface area contributed by atoms with Gasteiger partial charge in [-0.1, -0.05) is 140 Å². The molecule has 274 valence electrons. The summed E-state index contributed by atoms with van der Waals surface area (Å²) in [6, 6.07) is 0. The van der Waals surface area contributed by atoms with Gasteiger partial charge in [0, 0.05) is 13.6 Å². The van der Waals surface area contributed by atoms with Crippen molar-refractivity contribution in [3.63, 3.8) is 0 Å². The Hall–Kier alpha value is -1.81.